The fraction of sp³-hybridized carbons (Fsp3) is 0.462. The van der Waals surface area contributed by atoms with E-state index in [1.54, 1.807) is 18.2 Å². The van der Waals surface area contributed by atoms with Gasteiger partial charge in [0.2, 0.25) is 5.91 Å². The molecule has 94 valence electrons. The SMILES string of the molecule is CCC(C)CNCC(=O)Nc1ccccc1F. The van der Waals surface area contributed by atoms with Crippen LogP contribution in [-0.2, 0) is 4.79 Å². The molecule has 0 aliphatic rings. The van der Waals surface area contributed by atoms with Gasteiger partial charge in [0.25, 0.3) is 0 Å². The number of nitrogens with one attached hydrogen (secondary N) is 2. The van der Waals surface area contributed by atoms with E-state index in [-0.39, 0.29) is 18.1 Å². The highest BCUT2D eigenvalue weighted by molar-refractivity contribution is 5.92. The van der Waals surface area contributed by atoms with Crippen LogP contribution >= 0.6 is 0 Å². The van der Waals surface area contributed by atoms with Crippen LogP contribution in [0, 0.1) is 11.7 Å². The molecule has 0 aliphatic carbocycles. The Balaban J connectivity index is 2.33. The molecule has 3 nitrogen and oxygen atoms in total. The molecule has 4 heteroatoms. The van der Waals surface area contributed by atoms with Crippen LogP contribution in [-0.4, -0.2) is 19.0 Å². The molecular formula is C13H19FN2O. The second-order valence-electron chi connectivity index (χ2n) is 4.17. The highest BCUT2D eigenvalue weighted by Gasteiger charge is 2.06. The molecule has 0 bridgehead atoms. The van der Waals surface area contributed by atoms with Crippen LogP contribution in [0.5, 0.6) is 0 Å². The number of para-hydroxylation sites is 1. The molecule has 0 saturated heterocycles. The molecule has 1 aromatic carbocycles. The van der Waals surface area contributed by atoms with E-state index in [1.165, 1.54) is 6.07 Å². The Kier molecular flexibility index (Phi) is 5.63. The van der Waals surface area contributed by atoms with Gasteiger partial charge in [-0.05, 0) is 24.6 Å². The van der Waals surface area contributed by atoms with E-state index in [2.05, 4.69) is 24.5 Å². The zero-order valence-electron chi connectivity index (χ0n) is 10.3. The molecule has 1 atom stereocenters. The number of anilines is 1. The summed E-state index contributed by atoms with van der Waals surface area (Å²) in [6.45, 7) is 5.22. The molecule has 0 fully saturated rings. The van der Waals surface area contributed by atoms with E-state index in [4.69, 9.17) is 0 Å². The van der Waals surface area contributed by atoms with E-state index in [1.807, 2.05) is 0 Å². The molecule has 1 aromatic rings. The van der Waals surface area contributed by atoms with Gasteiger partial charge < -0.3 is 10.6 Å². The van der Waals surface area contributed by atoms with Gasteiger partial charge in [-0.25, -0.2) is 4.39 Å². The van der Waals surface area contributed by atoms with Gasteiger partial charge in [0, 0.05) is 0 Å². The number of amides is 1. The van der Waals surface area contributed by atoms with Crippen molar-refractivity contribution in [3.8, 4) is 0 Å². The number of benzene rings is 1. The summed E-state index contributed by atoms with van der Waals surface area (Å²) in [7, 11) is 0. The fourth-order valence-electron chi connectivity index (χ4n) is 1.33. The van der Waals surface area contributed by atoms with Crippen LogP contribution < -0.4 is 10.6 Å². The minimum absolute atomic E-state index is 0.207. The lowest BCUT2D eigenvalue weighted by atomic mass is 10.1. The Labute approximate surface area is 101 Å². The zero-order valence-corrected chi connectivity index (χ0v) is 10.3. The molecule has 17 heavy (non-hydrogen) atoms. The van der Waals surface area contributed by atoms with Gasteiger partial charge >= 0.3 is 0 Å². The highest BCUT2D eigenvalue weighted by Crippen LogP contribution is 2.11. The van der Waals surface area contributed by atoms with Gasteiger partial charge in [-0.2, -0.15) is 0 Å². The molecule has 0 spiro atoms. The van der Waals surface area contributed by atoms with Crippen molar-refractivity contribution in [2.24, 2.45) is 5.92 Å². The Morgan fingerprint density at radius 1 is 1.41 bits per heavy atom. The van der Waals surface area contributed by atoms with Gasteiger partial charge in [-0.1, -0.05) is 32.4 Å². The average molecular weight is 238 g/mol. The standard InChI is InChI=1S/C13H19FN2O/c1-3-10(2)8-15-9-13(17)16-12-7-5-4-6-11(12)14/h4-7,10,15H,3,8-9H2,1-2H3,(H,16,17). The second kappa shape index (κ2) is 7.01. The van der Waals surface area contributed by atoms with Crippen molar-refractivity contribution in [1.29, 1.82) is 0 Å². The number of hydrogen-bond donors (Lipinski definition) is 2. The lowest BCUT2D eigenvalue weighted by Gasteiger charge is -2.10. The Morgan fingerprint density at radius 2 is 2.12 bits per heavy atom. The van der Waals surface area contributed by atoms with Crippen LogP contribution in [0.2, 0.25) is 0 Å². The minimum Gasteiger partial charge on any atom is -0.322 e. The first kappa shape index (κ1) is 13.6. The smallest absolute Gasteiger partial charge is 0.238 e. The molecule has 2 N–H and O–H groups in total. The lowest BCUT2D eigenvalue weighted by molar-refractivity contribution is -0.115. The fourth-order valence-corrected chi connectivity index (χ4v) is 1.33. The van der Waals surface area contributed by atoms with Crippen molar-refractivity contribution >= 4 is 11.6 Å². The highest BCUT2D eigenvalue weighted by atomic mass is 19.1. The van der Waals surface area contributed by atoms with Gasteiger partial charge in [0.1, 0.15) is 5.82 Å². The molecule has 1 amide bonds. The summed E-state index contributed by atoms with van der Waals surface area (Å²) in [5.74, 6) is -0.0996. The van der Waals surface area contributed by atoms with Crippen molar-refractivity contribution < 1.29 is 9.18 Å². The summed E-state index contributed by atoms with van der Waals surface area (Å²) in [4.78, 5) is 11.5. The van der Waals surface area contributed by atoms with Gasteiger partial charge in [0.15, 0.2) is 0 Å². The van der Waals surface area contributed by atoms with Gasteiger partial charge in [0.05, 0.1) is 12.2 Å². The number of rotatable bonds is 6. The molecule has 0 radical (unpaired) electrons. The van der Waals surface area contributed by atoms with E-state index < -0.39 is 5.82 Å². The summed E-state index contributed by atoms with van der Waals surface area (Å²) in [6.07, 6.45) is 1.07. The normalized spacial score (nSPS) is 12.2. The Hall–Kier alpha value is -1.42. The maximum absolute atomic E-state index is 13.2. The van der Waals surface area contributed by atoms with Crippen molar-refractivity contribution in [3.63, 3.8) is 0 Å². The molecule has 0 heterocycles. The molecule has 1 rings (SSSR count). The van der Waals surface area contributed by atoms with Crippen molar-refractivity contribution in [2.45, 2.75) is 20.3 Å². The number of halogens is 1. The predicted molar refractivity (Wildman–Crippen MR) is 67.4 cm³/mol. The minimum atomic E-state index is -0.414. The van der Waals surface area contributed by atoms with Crippen LogP contribution in [0.1, 0.15) is 20.3 Å². The predicted octanol–water partition coefficient (Wildman–Crippen LogP) is 2.40. The summed E-state index contributed by atoms with van der Waals surface area (Å²) in [6, 6.07) is 6.14. The maximum atomic E-state index is 13.2. The first-order valence-corrected chi connectivity index (χ1v) is 5.88. The second-order valence-corrected chi connectivity index (χ2v) is 4.17. The number of carbonyl (C=O) groups is 1. The Morgan fingerprint density at radius 3 is 2.76 bits per heavy atom. The third kappa shape index (κ3) is 4.95. The van der Waals surface area contributed by atoms with Crippen LogP contribution in [0.3, 0.4) is 0 Å². The zero-order chi connectivity index (χ0) is 12.7. The first-order chi connectivity index (χ1) is 8.13. The number of carbonyl (C=O) groups excluding carboxylic acids is 1. The first-order valence-electron chi connectivity index (χ1n) is 5.88. The van der Waals surface area contributed by atoms with Gasteiger partial charge in [-0.3, -0.25) is 4.79 Å². The molecule has 0 aliphatic heterocycles. The largest absolute Gasteiger partial charge is 0.322 e. The monoisotopic (exact) mass is 238 g/mol. The van der Waals surface area contributed by atoms with Crippen LogP contribution in [0.4, 0.5) is 10.1 Å². The third-order valence-corrected chi connectivity index (χ3v) is 2.62. The summed E-state index contributed by atoms with van der Waals surface area (Å²) in [5.41, 5.74) is 0.225. The molecule has 1 unspecified atom stereocenters. The lowest BCUT2D eigenvalue weighted by Crippen LogP contribution is -2.31. The Bertz CT molecular complexity index is 368. The van der Waals surface area contributed by atoms with Gasteiger partial charge in [-0.15, -0.1) is 0 Å². The average Bonchev–Trinajstić information content (AvgIpc) is 2.32. The van der Waals surface area contributed by atoms with E-state index in [0.29, 0.717) is 5.92 Å². The third-order valence-electron chi connectivity index (χ3n) is 2.62. The van der Waals surface area contributed by atoms with Crippen molar-refractivity contribution in [1.82, 2.24) is 5.32 Å². The molecular weight excluding hydrogens is 219 g/mol. The van der Waals surface area contributed by atoms with Crippen LogP contribution in [0.25, 0.3) is 0 Å². The maximum Gasteiger partial charge on any atom is 0.238 e. The van der Waals surface area contributed by atoms with E-state index in [9.17, 15) is 9.18 Å². The number of hydrogen-bond acceptors (Lipinski definition) is 2. The van der Waals surface area contributed by atoms with Crippen molar-refractivity contribution in [3.05, 3.63) is 30.1 Å². The van der Waals surface area contributed by atoms with E-state index >= 15 is 0 Å². The van der Waals surface area contributed by atoms with E-state index in [0.717, 1.165) is 13.0 Å². The topological polar surface area (TPSA) is 41.1 Å². The van der Waals surface area contributed by atoms with Crippen molar-refractivity contribution in [2.75, 3.05) is 18.4 Å². The summed E-state index contributed by atoms with van der Waals surface area (Å²) >= 11 is 0. The quantitative estimate of drug-likeness (QED) is 0.799. The summed E-state index contributed by atoms with van der Waals surface area (Å²) < 4.78 is 13.2. The molecule has 0 aromatic heterocycles. The van der Waals surface area contributed by atoms with Crippen LogP contribution in [0.15, 0.2) is 24.3 Å². The molecule has 0 saturated carbocycles. The summed E-state index contributed by atoms with van der Waals surface area (Å²) in [5, 5.41) is 5.57.